The van der Waals surface area contributed by atoms with Gasteiger partial charge in [0, 0.05) is 25.8 Å². The van der Waals surface area contributed by atoms with Gasteiger partial charge < -0.3 is 15.5 Å². The number of aryl methyl sites for hydroxylation is 1. The molecule has 0 aromatic carbocycles. The molecule has 2 aromatic rings. The zero-order chi connectivity index (χ0) is 25.3. The minimum Gasteiger partial charge on any atom is -0.354 e. The summed E-state index contributed by atoms with van der Waals surface area (Å²) in [6.07, 6.45) is 13.8. The molecule has 0 bridgehead atoms. The van der Waals surface area contributed by atoms with E-state index in [0.29, 0.717) is 23.3 Å². The Morgan fingerprint density at radius 1 is 1.14 bits per heavy atom. The molecule has 2 saturated carbocycles. The van der Waals surface area contributed by atoms with Crippen molar-refractivity contribution in [2.24, 2.45) is 24.3 Å². The smallest absolute Gasteiger partial charge is 0.270 e. The van der Waals surface area contributed by atoms with E-state index in [4.69, 9.17) is 4.98 Å². The monoisotopic (exact) mass is 492 g/mol. The Morgan fingerprint density at radius 2 is 1.94 bits per heavy atom. The third-order valence-corrected chi connectivity index (χ3v) is 8.89. The zero-order valence-electron chi connectivity index (χ0n) is 21.9. The second-order valence-corrected chi connectivity index (χ2v) is 11.3. The van der Waals surface area contributed by atoms with Crippen LogP contribution >= 0.6 is 0 Å². The van der Waals surface area contributed by atoms with Crippen molar-refractivity contribution in [2.45, 2.75) is 83.7 Å². The van der Waals surface area contributed by atoms with E-state index >= 15 is 0 Å². The Morgan fingerprint density at radius 3 is 2.53 bits per heavy atom. The van der Waals surface area contributed by atoms with Gasteiger partial charge in [0.15, 0.2) is 0 Å². The quantitative estimate of drug-likeness (QED) is 0.536. The van der Waals surface area contributed by atoms with Crippen molar-refractivity contribution in [1.82, 2.24) is 20.1 Å². The molecular weight excluding hydrogens is 452 g/mol. The number of pyridine rings is 1. The highest BCUT2D eigenvalue weighted by Gasteiger charge is 2.54. The number of nitrogens with one attached hydrogen (secondary N) is 2. The molecule has 8 nitrogen and oxygen atoms in total. The molecule has 0 spiro atoms. The number of hydrogen-bond acceptors (Lipinski definition) is 5. The van der Waals surface area contributed by atoms with Crippen LogP contribution in [-0.4, -0.2) is 45.2 Å². The van der Waals surface area contributed by atoms with Crippen LogP contribution in [0.4, 0.5) is 11.5 Å². The van der Waals surface area contributed by atoms with Crippen LogP contribution in [0, 0.1) is 17.3 Å². The lowest BCUT2D eigenvalue weighted by molar-refractivity contribution is -0.121. The molecule has 3 heterocycles. The Bertz CT molecular complexity index is 1070. The van der Waals surface area contributed by atoms with Gasteiger partial charge in [-0.3, -0.25) is 14.3 Å². The van der Waals surface area contributed by atoms with E-state index in [1.807, 2.05) is 12.1 Å². The second-order valence-electron chi connectivity index (χ2n) is 11.3. The van der Waals surface area contributed by atoms with E-state index in [1.54, 1.807) is 30.2 Å². The molecule has 194 valence electrons. The number of amides is 2. The van der Waals surface area contributed by atoms with Crippen LogP contribution in [0.3, 0.4) is 0 Å². The van der Waals surface area contributed by atoms with Crippen LogP contribution in [0.1, 0.15) is 82.1 Å². The first-order valence-corrected chi connectivity index (χ1v) is 13.7. The number of anilines is 2. The van der Waals surface area contributed by atoms with Crippen molar-refractivity contribution in [3.05, 3.63) is 36.3 Å². The molecule has 2 N–H and O–H groups in total. The first kappa shape index (κ1) is 24.8. The van der Waals surface area contributed by atoms with Gasteiger partial charge in [-0.2, -0.15) is 5.10 Å². The second kappa shape index (κ2) is 10.2. The lowest BCUT2D eigenvalue weighted by Crippen LogP contribution is -2.54. The lowest BCUT2D eigenvalue weighted by atomic mass is 9.66. The van der Waals surface area contributed by atoms with Crippen LogP contribution in [0.25, 0.3) is 0 Å². The van der Waals surface area contributed by atoms with Gasteiger partial charge in [-0.25, -0.2) is 4.98 Å². The summed E-state index contributed by atoms with van der Waals surface area (Å²) in [5, 5.41) is 10.3. The summed E-state index contributed by atoms with van der Waals surface area (Å²) in [5.41, 5.74) is 1.22. The summed E-state index contributed by atoms with van der Waals surface area (Å²) >= 11 is 0. The zero-order valence-corrected chi connectivity index (χ0v) is 21.9. The van der Waals surface area contributed by atoms with E-state index in [1.165, 1.54) is 25.7 Å². The topological polar surface area (TPSA) is 92.2 Å². The first-order chi connectivity index (χ1) is 17.4. The van der Waals surface area contributed by atoms with Crippen LogP contribution in [0.15, 0.2) is 30.6 Å². The fraction of sp³-hybridized carbons (Fsp3) is 0.643. The summed E-state index contributed by atoms with van der Waals surface area (Å²) in [6, 6.07) is 5.57. The van der Waals surface area contributed by atoms with Crippen molar-refractivity contribution < 1.29 is 9.59 Å². The molecule has 2 amide bonds. The minimum atomic E-state index is -0.601. The predicted molar refractivity (Wildman–Crippen MR) is 141 cm³/mol. The van der Waals surface area contributed by atoms with Crippen molar-refractivity contribution >= 4 is 23.3 Å². The van der Waals surface area contributed by atoms with Crippen molar-refractivity contribution in [3.63, 3.8) is 0 Å². The maximum Gasteiger partial charge on any atom is 0.270 e. The number of carbonyl (C=O) groups is 2. The highest BCUT2D eigenvalue weighted by molar-refractivity contribution is 6.00. The van der Waals surface area contributed by atoms with Crippen LogP contribution in [0.5, 0.6) is 0 Å². The minimum absolute atomic E-state index is 0.0956. The highest BCUT2D eigenvalue weighted by atomic mass is 16.2. The summed E-state index contributed by atoms with van der Waals surface area (Å²) < 4.78 is 1.55. The maximum atomic E-state index is 13.8. The molecule has 3 atom stereocenters. The van der Waals surface area contributed by atoms with Gasteiger partial charge in [0.2, 0.25) is 5.91 Å². The molecule has 0 radical (unpaired) electrons. The Kier molecular flexibility index (Phi) is 7.04. The maximum absolute atomic E-state index is 13.8. The molecule has 2 aromatic heterocycles. The van der Waals surface area contributed by atoms with Gasteiger partial charge in [0.1, 0.15) is 17.6 Å². The van der Waals surface area contributed by atoms with Crippen LogP contribution in [-0.2, 0) is 11.8 Å². The van der Waals surface area contributed by atoms with Gasteiger partial charge >= 0.3 is 0 Å². The molecule has 36 heavy (non-hydrogen) atoms. The third-order valence-electron chi connectivity index (χ3n) is 8.89. The molecule has 1 unspecified atom stereocenters. The number of carbonyl (C=O) groups excluding carboxylic acids is 2. The molecule has 1 aliphatic heterocycles. The van der Waals surface area contributed by atoms with Crippen LogP contribution in [0.2, 0.25) is 0 Å². The van der Waals surface area contributed by atoms with Gasteiger partial charge in [-0.05, 0) is 74.0 Å². The summed E-state index contributed by atoms with van der Waals surface area (Å²) in [4.78, 5) is 34.0. The molecule has 8 heteroatoms. The molecule has 1 saturated heterocycles. The molecule has 3 aliphatic rings. The van der Waals surface area contributed by atoms with E-state index in [9.17, 15) is 9.59 Å². The molecular formula is C28H40N6O2. The summed E-state index contributed by atoms with van der Waals surface area (Å²) in [5.74, 6) is 1.14. The summed E-state index contributed by atoms with van der Waals surface area (Å²) in [6.45, 7) is 5.53. The molecule has 2 aliphatic carbocycles. The van der Waals surface area contributed by atoms with Gasteiger partial charge in [0.05, 0.1) is 11.9 Å². The van der Waals surface area contributed by atoms with E-state index < -0.39 is 6.04 Å². The van der Waals surface area contributed by atoms with Crippen molar-refractivity contribution in [1.29, 1.82) is 0 Å². The average Bonchev–Trinajstić information content (AvgIpc) is 3.45. The van der Waals surface area contributed by atoms with Gasteiger partial charge in [0.25, 0.3) is 5.91 Å². The summed E-state index contributed by atoms with van der Waals surface area (Å²) in [7, 11) is 1.74. The van der Waals surface area contributed by atoms with Gasteiger partial charge in [-0.15, -0.1) is 0 Å². The first-order valence-electron chi connectivity index (χ1n) is 13.7. The van der Waals surface area contributed by atoms with E-state index in [0.717, 1.165) is 44.5 Å². The van der Waals surface area contributed by atoms with E-state index in [2.05, 4.69) is 34.5 Å². The van der Waals surface area contributed by atoms with Crippen molar-refractivity contribution in [3.8, 4) is 0 Å². The Hall–Kier alpha value is -2.90. The lowest BCUT2D eigenvalue weighted by Gasteiger charge is -2.42. The SMILES string of the molecule is CC[C@@H]1CCCCN1c1ccc(NC(=O)[C@@H](NC(=O)c2ccnn2C)C(C2CCC2)C2(C)CC2)cn1. The van der Waals surface area contributed by atoms with E-state index in [-0.39, 0.29) is 23.1 Å². The number of nitrogens with zero attached hydrogens (tertiary/aromatic N) is 4. The number of hydrogen-bond donors (Lipinski definition) is 2. The fourth-order valence-corrected chi connectivity index (χ4v) is 6.28. The fourth-order valence-electron chi connectivity index (χ4n) is 6.28. The average molecular weight is 493 g/mol. The van der Waals surface area contributed by atoms with Crippen molar-refractivity contribution in [2.75, 3.05) is 16.8 Å². The third kappa shape index (κ3) is 5.00. The van der Waals surface area contributed by atoms with Crippen LogP contribution < -0.4 is 15.5 Å². The van der Waals surface area contributed by atoms with Gasteiger partial charge in [-0.1, -0.05) is 33.1 Å². The standard InChI is InChI=1S/C28H40N6O2/c1-4-21-10-5-6-17-34(21)23-12-11-20(18-29-23)31-27(36)25(32-26(35)22-13-16-30-33(22)3)24(19-8-7-9-19)28(2)14-15-28/h11-13,16,18-19,21,24-25H,4-10,14-15,17H2,1-3H3,(H,31,36)(H,32,35)/t21-,24?,25+/m1/s1. The molecule has 5 rings (SSSR count). The molecule has 3 fully saturated rings. The predicted octanol–water partition coefficient (Wildman–Crippen LogP) is 4.54. The number of rotatable bonds is 9. The Balaban J connectivity index is 1.35. The number of piperidine rings is 1. The Labute approximate surface area is 214 Å². The largest absolute Gasteiger partial charge is 0.354 e. The normalized spacial score (nSPS) is 22.9. The highest BCUT2D eigenvalue weighted by Crippen LogP contribution is 2.58. The number of aromatic nitrogens is 3.